The molecule has 4 heteroatoms. The van der Waals surface area contributed by atoms with E-state index in [1.807, 2.05) is 24.3 Å². The number of methoxy groups -OCH3 is 1. The number of nitrogens with two attached hydrogens (primary N) is 1. The Hall–Kier alpha value is -1.36. The Bertz CT molecular complexity index is 496. The van der Waals surface area contributed by atoms with E-state index in [-0.39, 0.29) is 6.04 Å². The van der Waals surface area contributed by atoms with Crippen LogP contribution in [0.3, 0.4) is 0 Å². The Labute approximate surface area is 105 Å². The topological polar surface area (TPSA) is 47.3 Å². The van der Waals surface area contributed by atoms with Gasteiger partial charge in [0.25, 0.3) is 0 Å². The predicted molar refractivity (Wildman–Crippen MR) is 71.2 cm³/mol. The molecule has 3 N–H and O–H groups in total. The summed E-state index contributed by atoms with van der Waals surface area (Å²) in [4.78, 5) is 1.26. The van der Waals surface area contributed by atoms with E-state index in [0.29, 0.717) is 0 Å². The van der Waals surface area contributed by atoms with Crippen molar-refractivity contribution in [2.24, 2.45) is 5.84 Å². The first kappa shape index (κ1) is 12.1. The summed E-state index contributed by atoms with van der Waals surface area (Å²) in [6.07, 6.45) is 0. The minimum Gasteiger partial charge on any atom is -0.496 e. The van der Waals surface area contributed by atoms with Crippen molar-refractivity contribution in [3.05, 3.63) is 51.7 Å². The van der Waals surface area contributed by atoms with E-state index in [9.17, 15) is 0 Å². The summed E-state index contributed by atoms with van der Waals surface area (Å²) in [5, 5.41) is 2.07. The van der Waals surface area contributed by atoms with Crippen molar-refractivity contribution in [2.75, 3.05) is 7.11 Å². The summed E-state index contributed by atoms with van der Waals surface area (Å²) in [5.41, 5.74) is 5.11. The van der Waals surface area contributed by atoms with Crippen molar-refractivity contribution in [3.63, 3.8) is 0 Å². The third kappa shape index (κ3) is 2.34. The molecule has 1 aromatic heterocycles. The standard InChI is InChI=1S/C13H16N2OS/c1-9-10(7-8-17-9)13(15-14)11-5-3-4-6-12(11)16-2/h3-8,13,15H,14H2,1-2H3. The second kappa shape index (κ2) is 5.31. The molecule has 0 saturated carbocycles. The molecule has 2 rings (SSSR count). The van der Waals surface area contributed by atoms with E-state index in [1.165, 1.54) is 10.4 Å². The first-order valence-corrected chi connectivity index (χ1v) is 6.29. The monoisotopic (exact) mass is 248 g/mol. The Morgan fingerprint density at radius 3 is 2.59 bits per heavy atom. The quantitative estimate of drug-likeness (QED) is 0.646. The molecule has 3 nitrogen and oxygen atoms in total. The van der Waals surface area contributed by atoms with Gasteiger partial charge in [-0.2, -0.15) is 0 Å². The average molecular weight is 248 g/mol. The third-order valence-corrected chi connectivity index (χ3v) is 3.69. The van der Waals surface area contributed by atoms with Crippen molar-refractivity contribution >= 4 is 11.3 Å². The number of para-hydroxylation sites is 1. The number of rotatable bonds is 4. The molecular formula is C13H16N2OS. The first-order valence-electron chi connectivity index (χ1n) is 5.41. The van der Waals surface area contributed by atoms with Crippen LogP contribution in [0.4, 0.5) is 0 Å². The van der Waals surface area contributed by atoms with Gasteiger partial charge in [-0.1, -0.05) is 18.2 Å². The van der Waals surface area contributed by atoms with Gasteiger partial charge in [-0.05, 0) is 30.0 Å². The molecule has 0 radical (unpaired) electrons. The van der Waals surface area contributed by atoms with E-state index in [0.717, 1.165) is 11.3 Å². The second-order valence-electron chi connectivity index (χ2n) is 3.77. The fourth-order valence-electron chi connectivity index (χ4n) is 1.95. The van der Waals surface area contributed by atoms with Gasteiger partial charge in [0.15, 0.2) is 0 Å². The minimum atomic E-state index is -0.0302. The van der Waals surface area contributed by atoms with Gasteiger partial charge in [-0.3, -0.25) is 5.84 Å². The van der Waals surface area contributed by atoms with Gasteiger partial charge in [-0.25, -0.2) is 5.43 Å². The Morgan fingerprint density at radius 2 is 2.00 bits per heavy atom. The van der Waals surface area contributed by atoms with Gasteiger partial charge in [-0.15, -0.1) is 11.3 Å². The van der Waals surface area contributed by atoms with Crippen LogP contribution in [0, 0.1) is 6.92 Å². The number of hydrogen-bond acceptors (Lipinski definition) is 4. The van der Waals surface area contributed by atoms with Gasteiger partial charge in [0, 0.05) is 10.4 Å². The molecule has 2 aromatic rings. The van der Waals surface area contributed by atoms with Crippen molar-refractivity contribution in [1.82, 2.24) is 5.43 Å². The van der Waals surface area contributed by atoms with E-state index < -0.39 is 0 Å². The molecule has 1 aromatic carbocycles. The van der Waals surface area contributed by atoms with E-state index >= 15 is 0 Å². The number of aryl methyl sites for hydroxylation is 1. The molecule has 1 atom stereocenters. The van der Waals surface area contributed by atoms with Crippen LogP contribution in [0.15, 0.2) is 35.7 Å². The first-order chi connectivity index (χ1) is 8.27. The highest BCUT2D eigenvalue weighted by Crippen LogP contribution is 2.32. The summed E-state index contributed by atoms with van der Waals surface area (Å²) in [5.74, 6) is 6.54. The average Bonchev–Trinajstić information content (AvgIpc) is 2.78. The van der Waals surface area contributed by atoms with Crippen LogP contribution in [-0.4, -0.2) is 7.11 Å². The zero-order chi connectivity index (χ0) is 12.3. The van der Waals surface area contributed by atoms with Crippen LogP contribution in [-0.2, 0) is 0 Å². The number of hydrogen-bond donors (Lipinski definition) is 2. The largest absolute Gasteiger partial charge is 0.496 e. The number of ether oxygens (including phenoxy) is 1. The molecule has 0 amide bonds. The number of benzene rings is 1. The van der Waals surface area contributed by atoms with E-state index in [4.69, 9.17) is 10.6 Å². The normalized spacial score (nSPS) is 12.4. The summed E-state index contributed by atoms with van der Waals surface area (Å²) < 4.78 is 5.37. The van der Waals surface area contributed by atoms with Gasteiger partial charge in [0.2, 0.25) is 0 Å². The summed E-state index contributed by atoms with van der Waals surface area (Å²) in [6.45, 7) is 2.10. The maximum absolute atomic E-state index is 5.69. The lowest BCUT2D eigenvalue weighted by Crippen LogP contribution is -2.29. The molecule has 0 fully saturated rings. The molecule has 0 aliphatic carbocycles. The molecule has 1 heterocycles. The van der Waals surface area contributed by atoms with Gasteiger partial charge < -0.3 is 4.74 Å². The van der Waals surface area contributed by atoms with Crippen molar-refractivity contribution < 1.29 is 4.74 Å². The molecule has 1 unspecified atom stereocenters. The highest BCUT2D eigenvalue weighted by atomic mass is 32.1. The molecule has 0 saturated heterocycles. The molecule has 0 aliphatic heterocycles. The van der Waals surface area contributed by atoms with Gasteiger partial charge in [0.05, 0.1) is 13.2 Å². The zero-order valence-corrected chi connectivity index (χ0v) is 10.8. The summed E-state index contributed by atoms with van der Waals surface area (Å²) in [7, 11) is 1.67. The number of thiophene rings is 1. The molecule has 17 heavy (non-hydrogen) atoms. The lowest BCUT2D eigenvalue weighted by Gasteiger charge is -2.19. The van der Waals surface area contributed by atoms with Gasteiger partial charge in [0.1, 0.15) is 5.75 Å². The fraction of sp³-hybridized carbons (Fsp3) is 0.231. The maximum Gasteiger partial charge on any atom is 0.124 e. The summed E-state index contributed by atoms with van der Waals surface area (Å²) in [6, 6.07) is 9.98. The van der Waals surface area contributed by atoms with Crippen LogP contribution in [0.5, 0.6) is 5.75 Å². The van der Waals surface area contributed by atoms with Crippen molar-refractivity contribution in [1.29, 1.82) is 0 Å². The maximum atomic E-state index is 5.69. The molecule has 0 aliphatic rings. The number of hydrazine groups is 1. The Kier molecular flexibility index (Phi) is 3.78. The molecule has 0 spiro atoms. The van der Waals surface area contributed by atoms with Crippen LogP contribution in [0.2, 0.25) is 0 Å². The van der Waals surface area contributed by atoms with Crippen molar-refractivity contribution in [2.45, 2.75) is 13.0 Å². The predicted octanol–water partition coefficient (Wildman–Crippen LogP) is 2.62. The van der Waals surface area contributed by atoms with Crippen LogP contribution >= 0.6 is 11.3 Å². The highest BCUT2D eigenvalue weighted by molar-refractivity contribution is 7.10. The number of nitrogens with one attached hydrogen (secondary N) is 1. The minimum absolute atomic E-state index is 0.0302. The van der Waals surface area contributed by atoms with Crippen LogP contribution in [0.1, 0.15) is 22.0 Å². The molecule has 90 valence electrons. The SMILES string of the molecule is COc1ccccc1C(NN)c1ccsc1C. The van der Waals surface area contributed by atoms with Gasteiger partial charge >= 0.3 is 0 Å². The molecule has 0 bridgehead atoms. The van der Waals surface area contributed by atoms with Crippen LogP contribution < -0.4 is 16.0 Å². The molecular weight excluding hydrogens is 232 g/mol. The smallest absolute Gasteiger partial charge is 0.124 e. The third-order valence-electron chi connectivity index (χ3n) is 2.83. The fourth-order valence-corrected chi connectivity index (χ4v) is 2.69. The Balaban J connectivity index is 2.46. The Morgan fingerprint density at radius 1 is 1.24 bits per heavy atom. The lowest BCUT2D eigenvalue weighted by molar-refractivity contribution is 0.404. The van der Waals surface area contributed by atoms with Crippen molar-refractivity contribution in [3.8, 4) is 5.75 Å². The highest BCUT2D eigenvalue weighted by Gasteiger charge is 2.18. The van der Waals surface area contributed by atoms with E-state index in [2.05, 4.69) is 23.8 Å². The summed E-state index contributed by atoms with van der Waals surface area (Å²) >= 11 is 1.72. The zero-order valence-electron chi connectivity index (χ0n) is 9.94. The van der Waals surface area contributed by atoms with Crippen LogP contribution in [0.25, 0.3) is 0 Å². The van der Waals surface area contributed by atoms with E-state index in [1.54, 1.807) is 18.4 Å². The second-order valence-corrected chi connectivity index (χ2v) is 4.89. The lowest BCUT2D eigenvalue weighted by atomic mass is 9.99.